The number of carbonyl (C=O) groups is 2. The third-order valence-electron chi connectivity index (χ3n) is 8.41. The third kappa shape index (κ3) is 2.49. The molecule has 8 N–H and O–H groups in total. The molecule has 7 rings (SSSR count). The summed E-state index contributed by atoms with van der Waals surface area (Å²) in [5.41, 5.74) is 14.3. The quantitative estimate of drug-likeness (QED) is 0.176. The number of amides is 2. The lowest BCUT2D eigenvalue weighted by Gasteiger charge is -2.45. The van der Waals surface area contributed by atoms with E-state index in [1.54, 1.807) is 11.6 Å². The van der Waals surface area contributed by atoms with Crippen molar-refractivity contribution in [2.45, 2.75) is 23.4 Å². The number of aromatic amines is 2. The van der Waals surface area contributed by atoms with Gasteiger partial charge in [-0.15, -0.1) is 0 Å². The Kier molecular flexibility index (Phi) is 4.18. The average molecular weight is 561 g/mol. The molecular weight excluding hydrogens is 536 g/mol. The molecule has 2 aromatic heterocycles. The standard InChI is InChI=1S/C26H23BrN8O2/c1-34-22(37)26(35(2)24(34)29)19(16-11-30-17-6-4-3-5-13(16)17)25(21(36)32-23(28)33-25)10-15-14-8-7-12(27)9-18(14)31-20(15)26/h3-9,11,19,29-31H,10H2,1-2H3,(H3,28,32,33,36)/p+2/t19-,25-,26+/m1/s1. The molecule has 2 aliphatic heterocycles. The van der Waals surface area contributed by atoms with Crippen molar-refractivity contribution in [1.82, 2.24) is 20.2 Å². The van der Waals surface area contributed by atoms with Crippen LogP contribution in [0.25, 0.3) is 21.8 Å². The molecule has 4 aromatic rings. The predicted octanol–water partition coefficient (Wildman–Crippen LogP) is -0.360. The van der Waals surface area contributed by atoms with Crippen LogP contribution in [0.5, 0.6) is 0 Å². The van der Waals surface area contributed by atoms with E-state index in [1.807, 2.05) is 55.7 Å². The first-order chi connectivity index (χ1) is 17.7. The van der Waals surface area contributed by atoms with Crippen molar-refractivity contribution in [3.8, 4) is 0 Å². The molecule has 186 valence electrons. The number of nitrogens with two attached hydrogens (primary N) is 2. The summed E-state index contributed by atoms with van der Waals surface area (Å²) >= 11 is 3.56. The predicted molar refractivity (Wildman–Crippen MR) is 142 cm³/mol. The van der Waals surface area contributed by atoms with Crippen LogP contribution in [0.15, 0.2) is 53.1 Å². The molecule has 2 amide bonds. The topological polar surface area (TPSA) is 150 Å². The zero-order valence-electron chi connectivity index (χ0n) is 20.1. The van der Waals surface area contributed by atoms with E-state index in [0.29, 0.717) is 12.4 Å². The maximum absolute atomic E-state index is 14.5. The Labute approximate surface area is 219 Å². The highest BCUT2D eigenvalue weighted by Gasteiger charge is 2.74. The minimum Gasteiger partial charge on any atom is -0.361 e. The van der Waals surface area contributed by atoms with Gasteiger partial charge >= 0.3 is 23.7 Å². The molecular formula is C26H25BrN8O2+2. The van der Waals surface area contributed by atoms with E-state index in [-0.39, 0.29) is 17.8 Å². The number of fused-ring (bicyclic) bond motifs is 5. The van der Waals surface area contributed by atoms with Crippen molar-refractivity contribution in [2.24, 2.45) is 11.5 Å². The number of benzene rings is 2. The van der Waals surface area contributed by atoms with Crippen LogP contribution in [0.2, 0.25) is 0 Å². The van der Waals surface area contributed by atoms with Crippen LogP contribution in [-0.4, -0.2) is 62.8 Å². The van der Waals surface area contributed by atoms with Gasteiger partial charge in [0.1, 0.15) is 0 Å². The number of para-hydroxylation sites is 1. The minimum absolute atomic E-state index is 0.162. The summed E-state index contributed by atoms with van der Waals surface area (Å²) in [6.45, 7) is 0. The van der Waals surface area contributed by atoms with Gasteiger partial charge in [-0.25, -0.2) is 14.8 Å². The van der Waals surface area contributed by atoms with Gasteiger partial charge in [-0.2, -0.15) is 0 Å². The highest BCUT2D eigenvalue weighted by molar-refractivity contribution is 9.10. The molecule has 2 spiro atoms. The highest BCUT2D eigenvalue weighted by atomic mass is 79.9. The Morgan fingerprint density at radius 2 is 1.92 bits per heavy atom. The Bertz CT molecular complexity index is 1770. The first-order valence-electron chi connectivity index (χ1n) is 11.9. The number of hydrogen-bond donors (Lipinski definition) is 6. The van der Waals surface area contributed by atoms with E-state index >= 15 is 0 Å². The Hall–Kier alpha value is -4.12. The van der Waals surface area contributed by atoms with E-state index in [0.717, 1.165) is 43.1 Å². The molecule has 2 aromatic carbocycles. The van der Waals surface area contributed by atoms with Gasteiger partial charge < -0.3 is 9.97 Å². The van der Waals surface area contributed by atoms with Gasteiger partial charge in [-0.3, -0.25) is 26.0 Å². The number of carbonyl (C=O) groups excluding carboxylic acids is 2. The number of nitrogens with one attached hydrogen (secondary N) is 4. The van der Waals surface area contributed by atoms with Gasteiger partial charge in [-0.1, -0.05) is 40.2 Å². The SMILES string of the molecule is CN1C(=O)[C@]2(c3[nH]c4cc(Br)ccc4c3C[C@@]3([NH+]=C(N)NC3=O)[C@H]2c2c[nH]c3ccccc23)[N+](C)=C1N. The summed E-state index contributed by atoms with van der Waals surface area (Å²) in [4.78, 5) is 40.2. The second-order valence-electron chi connectivity index (χ2n) is 10.1. The summed E-state index contributed by atoms with van der Waals surface area (Å²) in [6, 6.07) is 13.8. The van der Waals surface area contributed by atoms with Gasteiger partial charge in [0.25, 0.3) is 0 Å². The van der Waals surface area contributed by atoms with Crippen molar-refractivity contribution in [2.75, 3.05) is 14.1 Å². The molecule has 0 unspecified atom stereocenters. The second-order valence-corrected chi connectivity index (χ2v) is 11.0. The van der Waals surface area contributed by atoms with E-state index < -0.39 is 17.0 Å². The average Bonchev–Trinajstić information content (AvgIpc) is 3.57. The van der Waals surface area contributed by atoms with Crippen molar-refractivity contribution in [3.05, 3.63) is 70.0 Å². The number of aromatic nitrogens is 2. The van der Waals surface area contributed by atoms with Crippen LogP contribution in [0.1, 0.15) is 22.7 Å². The maximum atomic E-state index is 14.5. The van der Waals surface area contributed by atoms with Crippen LogP contribution in [0.4, 0.5) is 0 Å². The minimum atomic E-state index is -1.36. The Balaban J connectivity index is 1.68. The second kappa shape index (κ2) is 7.00. The van der Waals surface area contributed by atoms with Crippen molar-refractivity contribution in [1.29, 1.82) is 0 Å². The van der Waals surface area contributed by atoms with Crippen LogP contribution in [0.3, 0.4) is 0 Å². The van der Waals surface area contributed by atoms with Crippen molar-refractivity contribution in [3.63, 3.8) is 0 Å². The maximum Gasteiger partial charge on any atom is 0.354 e. The van der Waals surface area contributed by atoms with Crippen LogP contribution in [0, 0.1) is 0 Å². The number of nitrogens with zero attached hydrogens (tertiary/aromatic N) is 2. The molecule has 1 aliphatic carbocycles. The Morgan fingerprint density at radius 1 is 1.14 bits per heavy atom. The first kappa shape index (κ1) is 22.1. The zero-order valence-corrected chi connectivity index (χ0v) is 21.7. The zero-order chi connectivity index (χ0) is 25.9. The fraction of sp³-hybridized carbons (Fsp3) is 0.231. The smallest absolute Gasteiger partial charge is 0.354 e. The van der Waals surface area contributed by atoms with Gasteiger partial charge in [0, 0.05) is 38.9 Å². The monoisotopic (exact) mass is 560 g/mol. The summed E-state index contributed by atoms with van der Waals surface area (Å²) in [5.74, 6) is -0.760. The molecule has 10 nitrogen and oxygen atoms in total. The Morgan fingerprint density at radius 3 is 2.62 bits per heavy atom. The van der Waals surface area contributed by atoms with E-state index in [1.165, 1.54) is 4.90 Å². The normalized spacial score (nSPS) is 27.2. The number of likely N-dealkylation sites (N-methyl/N-ethyl adjacent to an activating group) is 2. The first-order valence-corrected chi connectivity index (χ1v) is 12.7. The largest absolute Gasteiger partial charge is 0.361 e. The van der Waals surface area contributed by atoms with E-state index in [9.17, 15) is 9.59 Å². The van der Waals surface area contributed by atoms with Gasteiger partial charge in [0.2, 0.25) is 5.54 Å². The summed E-state index contributed by atoms with van der Waals surface area (Å²) < 4.78 is 2.70. The molecule has 0 saturated heterocycles. The lowest BCUT2D eigenvalue weighted by Crippen LogP contribution is -2.92. The summed E-state index contributed by atoms with van der Waals surface area (Å²) in [7, 11) is 3.47. The lowest BCUT2D eigenvalue weighted by molar-refractivity contribution is -0.608. The fourth-order valence-corrected chi connectivity index (χ4v) is 7.19. The number of rotatable bonds is 1. The molecule has 0 saturated carbocycles. The van der Waals surface area contributed by atoms with Gasteiger partial charge in [-0.05, 0) is 29.3 Å². The molecule has 4 heterocycles. The van der Waals surface area contributed by atoms with E-state index in [2.05, 4.69) is 36.2 Å². The molecule has 0 bridgehead atoms. The molecule has 3 aliphatic rings. The molecule has 0 radical (unpaired) electrons. The van der Waals surface area contributed by atoms with Crippen LogP contribution < -0.4 is 21.8 Å². The lowest BCUT2D eigenvalue weighted by atomic mass is 9.59. The summed E-state index contributed by atoms with van der Waals surface area (Å²) in [5, 5.41) is 4.64. The summed E-state index contributed by atoms with van der Waals surface area (Å²) in [6.07, 6.45) is 2.20. The number of halogens is 1. The van der Waals surface area contributed by atoms with Crippen molar-refractivity contribution < 1.29 is 19.2 Å². The van der Waals surface area contributed by atoms with E-state index in [4.69, 9.17) is 11.5 Å². The van der Waals surface area contributed by atoms with Crippen LogP contribution >= 0.6 is 15.9 Å². The van der Waals surface area contributed by atoms with Crippen LogP contribution in [-0.2, 0) is 21.5 Å². The molecule has 3 atom stereocenters. The van der Waals surface area contributed by atoms with Gasteiger partial charge in [0.15, 0.2) is 5.54 Å². The fourth-order valence-electron chi connectivity index (χ4n) is 6.83. The van der Waals surface area contributed by atoms with Crippen molar-refractivity contribution >= 4 is 61.5 Å². The molecule has 0 fully saturated rings. The molecule has 37 heavy (non-hydrogen) atoms. The highest BCUT2D eigenvalue weighted by Crippen LogP contribution is 2.55. The third-order valence-corrected chi connectivity index (χ3v) is 8.90. The number of hydrogen-bond acceptors (Lipinski definition) is 4. The number of guanidine groups is 2. The number of H-pyrrole nitrogens is 2. The van der Waals surface area contributed by atoms with Gasteiger partial charge in [0.05, 0.1) is 25.7 Å². The molecule has 11 heteroatoms.